The highest BCUT2D eigenvalue weighted by molar-refractivity contribution is 5.84. The van der Waals surface area contributed by atoms with E-state index in [1.165, 1.54) is 89.9 Å². The van der Waals surface area contributed by atoms with Crippen molar-refractivity contribution < 1.29 is 20.1 Å². The van der Waals surface area contributed by atoms with E-state index >= 15 is 0 Å². The highest BCUT2D eigenvalue weighted by Crippen LogP contribution is 2.40. The minimum Gasteiger partial charge on any atom is -0.507 e. The Balaban J connectivity index is 1.71. The summed E-state index contributed by atoms with van der Waals surface area (Å²) in [6.07, 6.45) is 22.3. The van der Waals surface area contributed by atoms with Crippen molar-refractivity contribution in [1.82, 2.24) is 4.68 Å². The van der Waals surface area contributed by atoms with E-state index in [-0.39, 0.29) is 34.9 Å². The van der Waals surface area contributed by atoms with Crippen molar-refractivity contribution in [1.29, 1.82) is 0 Å². The molecule has 256 valence electrons. The summed E-state index contributed by atoms with van der Waals surface area (Å²) in [6, 6.07) is 5.52. The Bertz CT molecular complexity index is 1120. The van der Waals surface area contributed by atoms with Crippen molar-refractivity contribution in [2.45, 2.75) is 181 Å². The van der Waals surface area contributed by atoms with Crippen LogP contribution in [0.1, 0.15) is 180 Å². The molecule has 1 aromatic carbocycles. The van der Waals surface area contributed by atoms with Crippen LogP contribution in [0.5, 0.6) is 17.5 Å². The van der Waals surface area contributed by atoms with Crippen LogP contribution >= 0.6 is 0 Å². The van der Waals surface area contributed by atoms with Gasteiger partial charge in [0.25, 0.3) is 0 Å². The normalized spacial score (nSPS) is 12.2. The summed E-state index contributed by atoms with van der Waals surface area (Å²) in [7, 11) is 0. The molecule has 0 bridgehead atoms. The highest BCUT2D eigenvalue weighted by atomic mass is 16.3. The molecule has 2 rings (SSSR count). The number of rotatable bonds is 21. The van der Waals surface area contributed by atoms with E-state index in [1.54, 1.807) is 6.07 Å². The summed E-state index contributed by atoms with van der Waals surface area (Å²) >= 11 is 0. The molecule has 4 N–H and O–H groups in total. The van der Waals surface area contributed by atoms with Crippen LogP contribution in [0.25, 0.3) is 0 Å². The number of amides is 1. The lowest BCUT2D eigenvalue weighted by Gasteiger charge is -2.28. The molecule has 1 aromatic heterocycles. The molecular formula is C39H66N2O4. The predicted octanol–water partition coefficient (Wildman–Crippen LogP) is 10.7. The first-order valence-corrected chi connectivity index (χ1v) is 18.0. The number of nitrogens with one attached hydrogen (secondary N) is 1. The second kappa shape index (κ2) is 19.1. The van der Waals surface area contributed by atoms with Crippen LogP contribution in [0.4, 0.5) is 0 Å². The monoisotopic (exact) mass is 627 g/mol. The molecule has 0 saturated carbocycles. The van der Waals surface area contributed by atoms with Crippen LogP contribution in [0.3, 0.4) is 0 Å². The van der Waals surface area contributed by atoms with E-state index < -0.39 is 0 Å². The van der Waals surface area contributed by atoms with Crippen molar-refractivity contribution >= 4 is 5.91 Å². The molecule has 0 radical (unpaired) electrons. The van der Waals surface area contributed by atoms with Gasteiger partial charge in [0.05, 0.1) is 0 Å². The highest BCUT2D eigenvalue weighted by Gasteiger charge is 2.26. The molecule has 1 heterocycles. The number of aromatic nitrogens is 1. The molecule has 0 atom stereocenters. The number of carbonyl (C=O) groups excluding carboxylic acids is 1. The minimum absolute atomic E-state index is 0.100. The number of hydrogen-bond donors (Lipinski definition) is 4. The number of nitrogens with zero attached hydrogens (tertiary/aromatic N) is 1. The summed E-state index contributed by atoms with van der Waals surface area (Å²) in [4.78, 5) is 12.8. The van der Waals surface area contributed by atoms with Crippen molar-refractivity contribution in [3.8, 4) is 17.5 Å². The molecule has 1 amide bonds. The van der Waals surface area contributed by atoms with Crippen molar-refractivity contribution in [3.05, 3.63) is 40.5 Å². The van der Waals surface area contributed by atoms with E-state index in [0.717, 1.165) is 34.2 Å². The molecular weight excluding hydrogens is 560 g/mol. The third-order valence-electron chi connectivity index (χ3n) is 8.99. The van der Waals surface area contributed by atoms with E-state index in [0.29, 0.717) is 24.2 Å². The van der Waals surface area contributed by atoms with Gasteiger partial charge in [0, 0.05) is 18.1 Å². The summed E-state index contributed by atoms with van der Waals surface area (Å²) in [6.45, 7) is 14.7. The van der Waals surface area contributed by atoms with Gasteiger partial charge in [-0.2, -0.15) is 4.68 Å². The standard InChI is InChI=1S/C39H66N2O4/c1-8-9-10-11-12-13-14-15-16-17-18-19-20-21-22-23-24-31-29-35(43)41(37(31)45)40-34(42)26-25-30-27-32(38(2,3)4)36(44)33(28-30)39(5,6)7/h27-29,43-45H,8-26H2,1-7H3,(H,40,42). The third kappa shape index (κ3) is 13.7. The number of unbranched alkanes of at least 4 members (excludes halogenated alkanes) is 15. The number of hydrogen-bond acceptors (Lipinski definition) is 4. The summed E-state index contributed by atoms with van der Waals surface area (Å²) in [5.41, 5.74) is 5.53. The SMILES string of the molecule is CCCCCCCCCCCCCCCCCCc1cc(O)n(NC(=O)CCc2cc(C(C)(C)C)c(O)c(C(C)(C)C)c2)c1O. The van der Waals surface area contributed by atoms with Gasteiger partial charge in [-0.25, -0.2) is 0 Å². The summed E-state index contributed by atoms with van der Waals surface area (Å²) in [5.74, 6) is -0.242. The predicted molar refractivity (Wildman–Crippen MR) is 189 cm³/mol. The molecule has 0 fully saturated rings. The van der Waals surface area contributed by atoms with Crippen molar-refractivity contribution in [2.24, 2.45) is 0 Å². The molecule has 6 nitrogen and oxygen atoms in total. The average molecular weight is 627 g/mol. The molecule has 6 heteroatoms. The van der Waals surface area contributed by atoms with Gasteiger partial charge < -0.3 is 15.3 Å². The fourth-order valence-electron chi connectivity index (χ4n) is 6.12. The maximum atomic E-state index is 12.8. The lowest BCUT2D eigenvalue weighted by atomic mass is 9.78. The fraction of sp³-hybridized carbons (Fsp3) is 0.718. The summed E-state index contributed by atoms with van der Waals surface area (Å²) in [5, 5.41) is 32.1. The van der Waals surface area contributed by atoms with Crippen molar-refractivity contribution in [3.63, 3.8) is 0 Å². The fourth-order valence-corrected chi connectivity index (χ4v) is 6.12. The zero-order valence-corrected chi connectivity index (χ0v) is 29.9. The maximum Gasteiger partial charge on any atom is 0.239 e. The summed E-state index contributed by atoms with van der Waals surface area (Å²) < 4.78 is 1.09. The van der Waals surface area contributed by atoms with Crippen LogP contribution in [0.2, 0.25) is 0 Å². The molecule has 0 saturated heterocycles. The number of benzene rings is 1. The first-order chi connectivity index (χ1) is 21.3. The van der Waals surface area contributed by atoms with E-state index in [2.05, 4.69) is 53.9 Å². The zero-order chi connectivity index (χ0) is 33.5. The largest absolute Gasteiger partial charge is 0.507 e. The first-order valence-electron chi connectivity index (χ1n) is 18.0. The van der Waals surface area contributed by atoms with Gasteiger partial charge in [0.2, 0.25) is 17.7 Å². The van der Waals surface area contributed by atoms with E-state index in [1.807, 2.05) is 12.1 Å². The molecule has 0 aliphatic carbocycles. The Hall–Kier alpha value is -2.63. The number of aryl methyl sites for hydroxylation is 2. The second-order valence-electron chi connectivity index (χ2n) is 15.3. The first kappa shape index (κ1) is 38.6. The van der Waals surface area contributed by atoms with Gasteiger partial charge in [-0.05, 0) is 46.8 Å². The van der Waals surface area contributed by atoms with Gasteiger partial charge in [-0.15, -0.1) is 0 Å². The smallest absolute Gasteiger partial charge is 0.239 e. The van der Waals surface area contributed by atoms with Crippen LogP contribution in [-0.2, 0) is 28.5 Å². The molecule has 0 aliphatic rings. The minimum atomic E-state index is -0.298. The van der Waals surface area contributed by atoms with Crippen molar-refractivity contribution in [2.75, 3.05) is 5.43 Å². The van der Waals surface area contributed by atoms with E-state index in [9.17, 15) is 20.1 Å². The Kier molecular flexibility index (Phi) is 16.4. The maximum absolute atomic E-state index is 12.8. The number of carbonyl (C=O) groups is 1. The number of phenols is 1. The van der Waals surface area contributed by atoms with Crippen LogP contribution < -0.4 is 5.43 Å². The quantitative estimate of drug-likeness (QED) is 0.104. The van der Waals surface area contributed by atoms with Crippen LogP contribution in [0.15, 0.2) is 18.2 Å². The molecule has 45 heavy (non-hydrogen) atoms. The van der Waals surface area contributed by atoms with Gasteiger partial charge in [-0.3, -0.25) is 10.2 Å². The van der Waals surface area contributed by atoms with E-state index in [4.69, 9.17) is 0 Å². The Morgan fingerprint density at radius 2 is 1.07 bits per heavy atom. The molecule has 2 aromatic rings. The third-order valence-corrected chi connectivity index (χ3v) is 8.99. The molecule has 0 spiro atoms. The zero-order valence-electron chi connectivity index (χ0n) is 29.9. The molecule has 0 aliphatic heterocycles. The average Bonchev–Trinajstić information content (AvgIpc) is 3.22. The lowest BCUT2D eigenvalue weighted by Crippen LogP contribution is -2.23. The van der Waals surface area contributed by atoms with Crippen LogP contribution in [-0.4, -0.2) is 25.9 Å². The van der Waals surface area contributed by atoms with Gasteiger partial charge >= 0.3 is 0 Å². The Morgan fingerprint density at radius 3 is 1.49 bits per heavy atom. The second-order valence-corrected chi connectivity index (χ2v) is 15.3. The Morgan fingerprint density at radius 1 is 0.644 bits per heavy atom. The molecule has 0 unspecified atom stereocenters. The topological polar surface area (TPSA) is 94.7 Å². The van der Waals surface area contributed by atoms with Gasteiger partial charge in [0.15, 0.2) is 0 Å². The Labute approximate surface area is 275 Å². The number of phenolic OH excluding ortho intramolecular Hbond substituents is 1. The number of aromatic hydroxyl groups is 3. The van der Waals surface area contributed by atoms with Gasteiger partial charge in [-0.1, -0.05) is 157 Å². The van der Waals surface area contributed by atoms with Crippen LogP contribution in [0, 0.1) is 0 Å². The van der Waals surface area contributed by atoms with Gasteiger partial charge in [0.1, 0.15) is 5.75 Å². The lowest BCUT2D eigenvalue weighted by molar-refractivity contribution is -0.117.